The van der Waals surface area contributed by atoms with Crippen LogP contribution in [-0.2, 0) is 10.0 Å². The molecule has 0 saturated heterocycles. The second-order valence-electron chi connectivity index (χ2n) is 7.91. The van der Waals surface area contributed by atoms with Crippen LogP contribution in [0.1, 0.15) is 51.9 Å². The zero-order chi connectivity index (χ0) is 21.7. The van der Waals surface area contributed by atoms with Gasteiger partial charge in [-0.2, -0.15) is 4.31 Å². The van der Waals surface area contributed by atoms with Gasteiger partial charge in [-0.3, -0.25) is 0 Å². The van der Waals surface area contributed by atoms with Crippen molar-refractivity contribution in [3.05, 3.63) is 52.0 Å². The Morgan fingerprint density at radius 2 is 1.73 bits per heavy atom. The summed E-state index contributed by atoms with van der Waals surface area (Å²) >= 11 is 9.78. The van der Waals surface area contributed by atoms with Gasteiger partial charge in [-0.15, -0.1) is 0 Å². The summed E-state index contributed by atoms with van der Waals surface area (Å²) in [6, 6.07) is 13.2. The van der Waals surface area contributed by atoms with Crippen LogP contribution >= 0.6 is 27.5 Å². The van der Waals surface area contributed by atoms with E-state index in [0.29, 0.717) is 21.7 Å². The fourth-order valence-electron chi connectivity index (χ4n) is 4.00. The number of hydrogen-bond acceptors (Lipinski definition) is 3. The summed E-state index contributed by atoms with van der Waals surface area (Å²) in [5.74, 6) is 0. The molecule has 0 aliphatic carbocycles. The molecule has 0 unspecified atom stereocenters. The predicted octanol–water partition coefficient (Wildman–Crippen LogP) is 6.99. The third-order valence-corrected chi connectivity index (χ3v) is 8.95. The van der Waals surface area contributed by atoms with E-state index < -0.39 is 10.0 Å². The molecule has 0 fully saturated rings. The average molecular weight is 514 g/mol. The standard InChI is InChI=1S/C23H30BrClN2O2S/c1-3-4-5-6-7-9-14-19-17-27(18-12-10-8-11-13-18)22-16-21(25)20(24)15-23(22)30(28,29)26(19)2/h8,10-13,15-16,19H,3-7,9,14,17H2,1-2H3/t19-/m1/s1. The van der Waals surface area contributed by atoms with E-state index >= 15 is 0 Å². The molecular weight excluding hydrogens is 484 g/mol. The van der Waals surface area contributed by atoms with Crippen LogP contribution in [0.15, 0.2) is 51.8 Å². The van der Waals surface area contributed by atoms with Gasteiger partial charge >= 0.3 is 0 Å². The number of halogens is 2. The number of rotatable bonds is 8. The number of likely N-dealkylation sites (N-methyl/N-ethyl adjacent to an activating group) is 1. The highest BCUT2D eigenvalue weighted by Crippen LogP contribution is 2.41. The molecule has 4 nitrogen and oxygen atoms in total. The lowest BCUT2D eigenvalue weighted by molar-refractivity contribution is 0.348. The first-order chi connectivity index (χ1) is 14.4. The van der Waals surface area contributed by atoms with E-state index in [4.69, 9.17) is 11.6 Å². The smallest absolute Gasteiger partial charge is 0.245 e. The first-order valence-corrected chi connectivity index (χ1v) is 13.3. The molecule has 1 atom stereocenters. The SMILES string of the molecule is CCCCCCCC[C@@H]1CN(c2ccccc2)c2cc(Cl)c(Br)cc2S(=O)(=O)N1C. The average Bonchev–Trinajstić information content (AvgIpc) is 2.81. The van der Waals surface area contributed by atoms with E-state index in [1.54, 1.807) is 23.5 Å². The first kappa shape index (κ1) is 23.6. The molecule has 30 heavy (non-hydrogen) atoms. The van der Waals surface area contributed by atoms with Crippen LogP contribution in [0.2, 0.25) is 5.02 Å². The number of para-hydroxylation sites is 1. The van der Waals surface area contributed by atoms with Crippen molar-refractivity contribution in [2.75, 3.05) is 18.5 Å². The van der Waals surface area contributed by atoms with Crippen molar-refractivity contribution < 1.29 is 8.42 Å². The summed E-state index contributed by atoms with van der Waals surface area (Å²) in [7, 11) is -1.93. The van der Waals surface area contributed by atoms with Crippen molar-refractivity contribution in [2.45, 2.75) is 62.8 Å². The second-order valence-corrected chi connectivity index (χ2v) is 11.1. The topological polar surface area (TPSA) is 40.6 Å². The highest BCUT2D eigenvalue weighted by molar-refractivity contribution is 9.10. The van der Waals surface area contributed by atoms with Crippen LogP contribution < -0.4 is 4.90 Å². The van der Waals surface area contributed by atoms with Gasteiger partial charge in [0.2, 0.25) is 10.0 Å². The number of unbranched alkanes of at least 4 members (excludes halogenated alkanes) is 5. The number of anilines is 2. The monoisotopic (exact) mass is 512 g/mol. The van der Waals surface area contributed by atoms with Crippen molar-refractivity contribution in [3.63, 3.8) is 0 Å². The van der Waals surface area contributed by atoms with Crippen LogP contribution in [-0.4, -0.2) is 32.4 Å². The first-order valence-electron chi connectivity index (χ1n) is 10.7. The van der Waals surface area contributed by atoms with Gasteiger partial charge in [0.25, 0.3) is 0 Å². The Labute approximate surface area is 194 Å². The molecule has 0 spiro atoms. The van der Waals surface area contributed by atoms with E-state index in [0.717, 1.165) is 24.9 Å². The van der Waals surface area contributed by atoms with E-state index in [1.165, 1.54) is 25.7 Å². The molecule has 0 bridgehead atoms. The lowest BCUT2D eigenvalue weighted by Gasteiger charge is -2.29. The van der Waals surface area contributed by atoms with Crippen molar-refractivity contribution in [3.8, 4) is 0 Å². The Morgan fingerprint density at radius 3 is 2.43 bits per heavy atom. The third-order valence-electron chi connectivity index (χ3n) is 5.82. The quantitative estimate of drug-likeness (QED) is 0.357. The zero-order valence-corrected chi connectivity index (χ0v) is 20.8. The molecule has 0 aromatic heterocycles. The maximum Gasteiger partial charge on any atom is 0.245 e. The lowest BCUT2D eigenvalue weighted by Crippen LogP contribution is -2.40. The molecule has 0 amide bonds. The van der Waals surface area contributed by atoms with Gasteiger partial charge in [-0.25, -0.2) is 8.42 Å². The zero-order valence-electron chi connectivity index (χ0n) is 17.7. The molecular formula is C23H30BrClN2O2S. The summed E-state index contributed by atoms with van der Waals surface area (Å²) in [4.78, 5) is 2.38. The van der Waals surface area contributed by atoms with Crippen LogP contribution in [0.4, 0.5) is 11.4 Å². The molecule has 3 rings (SSSR count). The van der Waals surface area contributed by atoms with E-state index in [9.17, 15) is 8.42 Å². The summed E-state index contributed by atoms with van der Waals surface area (Å²) in [6.07, 6.45) is 7.97. The Balaban J connectivity index is 1.94. The van der Waals surface area contributed by atoms with Crippen LogP contribution in [0, 0.1) is 0 Å². The van der Waals surface area contributed by atoms with Crippen molar-refractivity contribution >= 4 is 48.9 Å². The molecule has 0 N–H and O–H groups in total. The van der Waals surface area contributed by atoms with Crippen molar-refractivity contribution in [1.29, 1.82) is 0 Å². The number of sulfonamides is 1. The van der Waals surface area contributed by atoms with Gasteiger partial charge in [0.15, 0.2) is 0 Å². The fourth-order valence-corrected chi connectivity index (χ4v) is 6.22. The fraction of sp³-hybridized carbons (Fsp3) is 0.478. The van der Waals surface area contributed by atoms with Gasteiger partial charge in [0.05, 0.1) is 10.7 Å². The third kappa shape index (κ3) is 5.21. The molecule has 2 aromatic rings. The number of fused-ring (bicyclic) bond motifs is 1. The Bertz CT molecular complexity index is 953. The van der Waals surface area contributed by atoms with E-state index in [2.05, 4.69) is 27.8 Å². The van der Waals surface area contributed by atoms with Gasteiger partial charge in [-0.05, 0) is 46.6 Å². The summed E-state index contributed by atoms with van der Waals surface area (Å²) in [5, 5.41) is 0.502. The van der Waals surface area contributed by atoms with Crippen molar-refractivity contribution in [2.24, 2.45) is 0 Å². The molecule has 0 radical (unpaired) electrons. The highest BCUT2D eigenvalue weighted by atomic mass is 79.9. The summed E-state index contributed by atoms with van der Waals surface area (Å²) in [6.45, 7) is 2.81. The minimum absolute atomic E-state index is 0.105. The molecule has 0 saturated carbocycles. The Morgan fingerprint density at radius 1 is 1.07 bits per heavy atom. The van der Waals surface area contributed by atoms with Gasteiger partial charge in [0, 0.05) is 29.8 Å². The normalized spacial score (nSPS) is 18.8. The Hall–Kier alpha value is -1.08. The largest absolute Gasteiger partial charge is 0.339 e. The summed E-state index contributed by atoms with van der Waals surface area (Å²) < 4.78 is 29.1. The maximum atomic E-state index is 13.5. The van der Waals surface area contributed by atoms with Gasteiger partial charge in [-0.1, -0.05) is 75.2 Å². The van der Waals surface area contributed by atoms with E-state index in [-0.39, 0.29) is 10.9 Å². The number of nitrogens with zero attached hydrogens (tertiary/aromatic N) is 2. The minimum Gasteiger partial charge on any atom is -0.339 e. The molecule has 1 aliphatic heterocycles. The van der Waals surface area contributed by atoms with Crippen LogP contribution in [0.25, 0.3) is 0 Å². The lowest BCUT2D eigenvalue weighted by atomic mass is 10.0. The van der Waals surface area contributed by atoms with E-state index in [1.807, 2.05) is 30.3 Å². The van der Waals surface area contributed by atoms with Gasteiger partial charge < -0.3 is 4.90 Å². The molecule has 164 valence electrons. The van der Waals surface area contributed by atoms with Gasteiger partial charge in [0.1, 0.15) is 4.90 Å². The van der Waals surface area contributed by atoms with Crippen LogP contribution in [0.3, 0.4) is 0 Å². The molecule has 2 aromatic carbocycles. The molecule has 1 aliphatic rings. The highest BCUT2D eigenvalue weighted by Gasteiger charge is 2.37. The number of benzene rings is 2. The molecule has 1 heterocycles. The maximum absolute atomic E-state index is 13.5. The predicted molar refractivity (Wildman–Crippen MR) is 129 cm³/mol. The number of hydrogen-bond donors (Lipinski definition) is 0. The second kappa shape index (κ2) is 10.5. The summed E-state index contributed by atoms with van der Waals surface area (Å²) in [5.41, 5.74) is 1.60. The minimum atomic E-state index is -3.63. The van der Waals surface area contributed by atoms with Crippen molar-refractivity contribution in [1.82, 2.24) is 4.31 Å². The Kier molecular flexibility index (Phi) is 8.24. The van der Waals surface area contributed by atoms with Crippen LogP contribution in [0.5, 0.6) is 0 Å². The molecule has 7 heteroatoms.